The number of aryl methyl sites for hydroxylation is 1. The number of carbonyl (C=O) groups is 2. The summed E-state index contributed by atoms with van der Waals surface area (Å²) in [6, 6.07) is 1.58. The smallest absolute Gasteiger partial charge is 0.329 e. The number of hydrogen-bond acceptors (Lipinski definition) is 3. The van der Waals surface area contributed by atoms with Crippen molar-refractivity contribution in [1.29, 1.82) is 0 Å². The number of hydrogen-bond donors (Lipinski definition) is 2. The third kappa shape index (κ3) is 2.23. The molecule has 0 bridgehead atoms. The third-order valence-corrected chi connectivity index (χ3v) is 3.52. The third-order valence-electron chi connectivity index (χ3n) is 3.52. The quantitative estimate of drug-likeness (QED) is 0.837. The molecule has 2 N–H and O–H groups in total. The van der Waals surface area contributed by atoms with Gasteiger partial charge in [-0.25, -0.2) is 4.79 Å². The van der Waals surface area contributed by atoms with E-state index in [0.29, 0.717) is 18.5 Å². The lowest BCUT2D eigenvalue weighted by Crippen LogP contribution is -2.55. The van der Waals surface area contributed by atoms with Crippen LogP contribution in [0.3, 0.4) is 0 Å². The molecule has 0 saturated heterocycles. The molecule has 1 aromatic heterocycles. The van der Waals surface area contributed by atoms with Crippen LogP contribution in [-0.4, -0.2) is 32.3 Å². The summed E-state index contributed by atoms with van der Waals surface area (Å²) in [5, 5.41) is 15.9. The zero-order chi connectivity index (χ0) is 13.2. The minimum absolute atomic E-state index is 0.376. The molecule has 0 radical (unpaired) electrons. The first kappa shape index (κ1) is 12.6. The van der Waals surface area contributed by atoms with Crippen LogP contribution in [0.1, 0.15) is 42.6 Å². The van der Waals surface area contributed by atoms with E-state index in [0.717, 1.165) is 19.3 Å². The first-order valence-corrected chi connectivity index (χ1v) is 6.09. The highest BCUT2D eigenvalue weighted by Gasteiger charge is 2.41. The van der Waals surface area contributed by atoms with Crippen LogP contribution in [-0.2, 0) is 11.8 Å². The van der Waals surface area contributed by atoms with Gasteiger partial charge < -0.3 is 10.4 Å². The minimum atomic E-state index is -1.11. The highest BCUT2D eigenvalue weighted by Crippen LogP contribution is 2.28. The van der Waals surface area contributed by atoms with E-state index in [9.17, 15) is 14.7 Å². The number of nitrogens with one attached hydrogen (secondary N) is 1. The average molecular weight is 251 g/mol. The molecule has 1 saturated carbocycles. The Morgan fingerprint density at radius 2 is 2.06 bits per heavy atom. The van der Waals surface area contributed by atoms with Gasteiger partial charge >= 0.3 is 5.97 Å². The Bertz CT molecular complexity index is 461. The molecule has 18 heavy (non-hydrogen) atoms. The van der Waals surface area contributed by atoms with Crippen molar-refractivity contribution < 1.29 is 14.7 Å². The van der Waals surface area contributed by atoms with Crippen LogP contribution in [0.15, 0.2) is 12.3 Å². The minimum Gasteiger partial charge on any atom is -0.480 e. The number of carboxylic acids is 1. The monoisotopic (exact) mass is 251 g/mol. The van der Waals surface area contributed by atoms with Gasteiger partial charge in [-0.2, -0.15) is 5.10 Å². The fourth-order valence-corrected chi connectivity index (χ4v) is 2.43. The van der Waals surface area contributed by atoms with E-state index in [1.807, 2.05) is 0 Å². The van der Waals surface area contributed by atoms with Crippen molar-refractivity contribution in [1.82, 2.24) is 15.1 Å². The van der Waals surface area contributed by atoms with Crippen LogP contribution >= 0.6 is 0 Å². The Hall–Kier alpha value is -1.85. The Morgan fingerprint density at radius 3 is 2.56 bits per heavy atom. The van der Waals surface area contributed by atoms with Gasteiger partial charge in [0.05, 0.1) is 0 Å². The van der Waals surface area contributed by atoms with Gasteiger partial charge in [-0.05, 0) is 18.9 Å². The van der Waals surface area contributed by atoms with E-state index in [1.54, 1.807) is 13.1 Å². The number of rotatable bonds is 3. The zero-order valence-corrected chi connectivity index (χ0v) is 10.3. The van der Waals surface area contributed by atoms with E-state index in [-0.39, 0.29) is 5.91 Å². The van der Waals surface area contributed by atoms with E-state index in [2.05, 4.69) is 10.4 Å². The van der Waals surface area contributed by atoms with Gasteiger partial charge in [0.15, 0.2) is 0 Å². The van der Waals surface area contributed by atoms with Gasteiger partial charge in [0.25, 0.3) is 5.91 Å². The maximum absolute atomic E-state index is 12.1. The molecule has 1 heterocycles. The molecule has 0 aromatic carbocycles. The molecule has 6 heteroatoms. The molecule has 1 aliphatic carbocycles. The van der Waals surface area contributed by atoms with Crippen molar-refractivity contribution in [2.45, 2.75) is 37.6 Å². The summed E-state index contributed by atoms with van der Waals surface area (Å²) >= 11 is 0. The summed E-state index contributed by atoms with van der Waals surface area (Å²) in [7, 11) is 1.66. The van der Waals surface area contributed by atoms with E-state index in [1.165, 1.54) is 10.9 Å². The number of amides is 1. The number of aliphatic carboxylic acids is 1. The van der Waals surface area contributed by atoms with Gasteiger partial charge in [0, 0.05) is 13.2 Å². The van der Waals surface area contributed by atoms with Gasteiger partial charge in [-0.3, -0.25) is 9.48 Å². The molecule has 1 fully saturated rings. The van der Waals surface area contributed by atoms with Crippen molar-refractivity contribution in [2.24, 2.45) is 7.05 Å². The predicted octanol–water partition coefficient (Wildman–Crippen LogP) is 0.937. The van der Waals surface area contributed by atoms with E-state index in [4.69, 9.17) is 0 Å². The van der Waals surface area contributed by atoms with Crippen molar-refractivity contribution in [3.63, 3.8) is 0 Å². The summed E-state index contributed by atoms with van der Waals surface area (Å²) in [5.41, 5.74) is -0.735. The Morgan fingerprint density at radius 1 is 1.39 bits per heavy atom. The topological polar surface area (TPSA) is 84.2 Å². The Balaban J connectivity index is 2.17. The second kappa shape index (κ2) is 4.80. The molecule has 0 spiro atoms. The van der Waals surface area contributed by atoms with E-state index >= 15 is 0 Å². The molecule has 1 aromatic rings. The Labute approximate surface area is 105 Å². The number of carboxylic acid groups (broad SMARTS) is 1. The van der Waals surface area contributed by atoms with Gasteiger partial charge in [-0.1, -0.05) is 19.3 Å². The molecule has 0 atom stereocenters. The van der Waals surface area contributed by atoms with Crippen molar-refractivity contribution in [2.75, 3.05) is 0 Å². The molecule has 6 nitrogen and oxygen atoms in total. The number of carbonyl (C=O) groups excluding carboxylic acids is 1. The fourth-order valence-electron chi connectivity index (χ4n) is 2.43. The number of aromatic nitrogens is 2. The second-order valence-electron chi connectivity index (χ2n) is 4.74. The molecule has 0 aliphatic heterocycles. The molecular formula is C12H17N3O3. The molecule has 2 rings (SSSR count). The van der Waals surface area contributed by atoms with Crippen LogP contribution in [0, 0.1) is 0 Å². The van der Waals surface area contributed by atoms with Crippen LogP contribution in [0.4, 0.5) is 0 Å². The molecule has 1 aliphatic rings. The number of nitrogens with zero attached hydrogens (tertiary/aromatic N) is 2. The first-order chi connectivity index (χ1) is 8.55. The van der Waals surface area contributed by atoms with Crippen molar-refractivity contribution >= 4 is 11.9 Å². The molecular weight excluding hydrogens is 234 g/mol. The summed E-state index contributed by atoms with van der Waals surface area (Å²) in [6.45, 7) is 0. The summed E-state index contributed by atoms with van der Waals surface area (Å²) in [5.74, 6) is -1.32. The lowest BCUT2D eigenvalue weighted by Gasteiger charge is -2.33. The molecule has 1 amide bonds. The van der Waals surface area contributed by atoms with Crippen LogP contribution in [0.2, 0.25) is 0 Å². The maximum atomic E-state index is 12.1. The van der Waals surface area contributed by atoms with Gasteiger partial charge in [0.2, 0.25) is 0 Å². The van der Waals surface area contributed by atoms with Crippen LogP contribution in [0.5, 0.6) is 0 Å². The summed E-state index contributed by atoms with van der Waals surface area (Å²) in [4.78, 5) is 23.5. The first-order valence-electron chi connectivity index (χ1n) is 6.09. The van der Waals surface area contributed by atoms with Crippen molar-refractivity contribution in [3.8, 4) is 0 Å². The summed E-state index contributed by atoms with van der Waals surface area (Å²) in [6.07, 6.45) is 5.19. The lowest BCUT2D eigenvalue weighted by atomic mass is 9.81. The average Bonchev–Trinajstić information content (AvgIpc) is 2.76. The fraction of sp³-hybridized carbons (Fsp3) is 0.583. The lowest BCUT2D eigenvalue weighted by molar-refractivity contribution is -0.145. The highest BCUT2D eigenvalue weighted by atomic mass is 16.4. The molecule has 0 unspecified atom stereocenters. The second-order valence-corrected chi connectivity index (χ2v) is 4.74. The Kier molecular flexibility index (Phi) is 3.36. The largest absolute Gasteiger partial charge is 0.480 e. The van der Waals surface area contributed by atoms with Gasteiger partial charge in [0.1, 0.15) is 11.2 Å². The van der Waals surface area contributed by atoms with Crippen LogP contribution < -0.4 is 5.32 Å². The van der Waals surface area contributed by atoms with E-state index < -0.39 is 11.5 Å². The standard InChI is InChI=1S/C12H17N3O3/c1-15-9(5-8-13-15)10(16)14-12(11(17)18)6-3-2-4-7-12/h5,8H,2-4,6-7H2,1H3,(H,14,16)(H,17,18). The summed E-state index contributed by atoms with van der Waals surface area (Å²) < 4.78 is 1.44. The normalized spacial score (nSPS) is 18.3. The maximum Gasteiger partial charge on any atom is 0.329 e. The predicted molar refractivity (Wildman–Crippen MR) is 64.1 cm³/mol. The van der Waals surface area contributed by atoms with Crippen molar-refractivity contribution in [3.05, 3.63) is 18.0 Å². The highest BCUT2D eigenvalue weighted by molar-refractivity contribution is 5.96. The van der Waals surface area contributed by atoms with Gasteiger partial charge in [-0.15, -0.1) is 0 Å². The molecule has 98 valence electrons. The van der Waals surface area contributed by atoms with Crippen LogP contribution in [0.25, 0.3) is 0 Å². The zero-order valence-electron chi connectivity index (χ0n) is 10.3. The SMILES string of the molecule is Cn1nccc1C(=O)NC1(C(=O)O)CCCCC1.